The Morgan fingerprint density at radius 3 is 2.31 bits per heavy atom. The largest absolute Gasteiger partial charge is 0.458 e. The molecule has 0 radical (unpaired) electrons. The number of hydrogen-bond donors (Lipinski definition) is 0. The lowest BCUT2D eigenvalue weighted by atomic mass is 9.60. The highest BCUT2D eigenvalue weighted by atomic mass is 16.6. The molecule has 0 N–H and O–H groups in total. The first-order valence-corrected chi connectivity index (χ1v) is 17.2. The molecule has 3 aliphatic carbocycles. The van der Waals surface area contributed by atoms with Crippen molar-refractivity contribution < 1.29 is 19.1 Å². The zero-order valence-electron chi connectivity index (χ0n) is 27.9. The monoisotopic (exact) mass is 608 g/mol. The van der Waals surface area contributed by atoms with Gasteiger partial charge in [-0.05, 0) is 125 Å². The molecule has 240 valence electrons. The number of esters is 2. The van der Waals surface area contributed by atoms with Gasteiger partial charge in [-0.25, -0.2) is 9.59 Å². The summed E-state index contributed by atoms with van der Waals surface area (Å²) in [6.07, 6.45) is 16.4. The Morgan fingerprint density at radius 1 is 0.956 bits per heavy atom. The van der Waals surface area contributed by atoms with Gasteiger partial charge in [-0.3, -0.25) is 0 Å². The van der Waals surface area contributed by atoms with E-state index in [4.69, 9.17) is 9.47 Å². The summed E-state index contributed by atoms with van der Waals surface area (Å²) < 4.78 is 11.8. The number of hydrogen-bond acceptors (Lipinski definition) is 4. The molecule has 5 rings (SSSR count). The topological polar surface area (TPSA) is 52.6 Å². The lowest BCUT2D eigenvalue weighted by Crippen LogP contribution is -2.36. The Morgan fingerprint density at radius 2 is 1.62 bits per heavy atom. The molecule has 5 atom stereocenters. The summed E-state index contributed by atoms with van der Waals surface area (Å²) in [6, 6.07) is 18.6. The van der Waals surface area contributed by atoms with Crippen molar-refractivity contribution in [3.05, 3.63) is 107 Å². The second-order valence-corrected chi connectivity index (χ2v) is 14.7. The molecular formula is C41H52O4. The van der Waals surface area contributed by atoms with Gasteiger partial charge in [0.25, 0.3) is 0 Å². The van der Waals surface area contributed by atoms with Crippen molar-refractivity contribution in [2.75, 3.05) is 0 Å². The van der Waals surface area contributed by atoms with Gasteiger partial charge in [0.1, 0.15) is 11.7 Å². The van der Waals surface area contributed by atoms with Crippen molar-refractivity contribution in [3.63, 3.8) is 0 Å². The summed E-state index contributed by atoms with van der Waals surface area (Å²) in [7, 11) is 0. The number of ether oxygens (including phenoxy) is 2. The second kappa shape index (κ2) is 14.4. The molecule has 4 heteroatoms. The zero-order valence-corrected chi connectivity index (χ0v) is 27.9. The van der Waals surface area contributed by atoms with Crippen LogP contribution >= 0.6 is 0 Å². The van der Waals surface area contributed by atoms with Gasteiger partial charge in [0, 0.05) is 6.42 Å². The summed E-state index contributed by atoms with van der Waals surface area (Å²) in [5, 5.41) is 0. The standard InChI is InChI=1S/C41H52O4/c1-29-20-23-35(44-38(42)32-15-8-6-9-16-32)28-34(29)22-21-31-19-13-27-41(5)36(24-25-37(31)41)30(2)14-12-26-40(3,4)45-39(43)33-17-10-7-11-18-33/h6-11,15-18,21-22,30,35-37H,1,12-14,19-20,23-28H2,2-5H3/t30-,35+,36-,37-,41-/m1/s1. The highest BCUT2D eigenvalue weighted by Gasteiger charge is 2.50. The molecule has 0 heterocycles. The van der Waals surface area contributed by atoms with Gasteiger partial charge in [0.05, 0.1) is 11.1 Å². The fourth-order valence-corrected chi connectivity index (χ4v) is 8.48. The van der Waals surface area contributed by atoms with E-state index in [9.17, 15) is 9.59 Å². The van der Waals surface area contributed by atoms with E-state index in [-0.39, 0.29) is 18.0 Å². The summed E-state index contributed by atoms with van der Waals surface area (Å²) in [5.41, 5.74) is 5.06. The summed E-state index contributed by atoms with van der Waals surface area (Å²) >= 11 is 0. The van der Waals surface area contributed by atoms with Crippen LogP contribution in [0, 0.1) is 23.2 Å². The van der Waals surface area contributed by atoms with Gasteiger partial charge >= 0.3 is 11.9 Å². The Kier molecular flexibility index (Phi) is 10.5. The number of carbonyl (C=O) groups excluding carboxylic acids is 2. The molecule has 0 spiro atoms. The van der Waals surface area contributed by atoms with Gasteiger partial charge in [0.15, 0.2) is 0 Å². The van der Waals surface area contributed by atoms with Gasteiger partial charge in [-0.2, -0.15) is 0 Å². The van der Waals surface area contributed by atoms with Gasteiger partial charge in [-0.1, -0.05) is 86.5 Å². The Hall–Kier alpha value is -3.40. The Labute approximate surface area is 271 Å². The van der Waals surface area contributed by atoms with E-state index in [1.165, 1.54) is 43.3 Å². The summed E-state index contributed by atoms with van der Waals surface area (Å²) in [4.78, 5) is 25.3. The molecule has 3 aliphatic rings. The molecule has 0 amide bonds. The van der Waals surface area contributed by atoms with E-state index in [0.29, 0.717) is 34.3 Å². The van der Waals surface area contributed by atoms with E-state index >= 15 is 0 Å². The molecule has 4 nitrogen and oxygen atoms in total. The van der Waals surface area contributed by atoms with Crippen molar-refractivity contribution in [2.24, 2.45) is 23.2 Å². The van der Waals surface area contributed by atoms with Crippen LogP contribution in [0.1, 0.15) is 119 Å². The average Bonchev–Trinajstić information content (AvgIpc) is 3.39. The predicted octanol–water partition coefficient (Wildman–Crippen LogP) is 10.5. The molecule has 3 fully saturated rings. The van der Waals surface area contributed by atoms with Crippen molar-refractivity contribution in [3.8, 4) is 0 Å². The first-order valence-electron chi connectivity index (χ1n) is 17.2. The molecule has 0 aromatic heterocycles. The summed E-state index contributed by atoms with van der Waals surface area (Å²) in [5.74, 6) is 1.49. The van der Waals surface area contributed by atoms with Gasteiger partial charge < -0.3 is 9.47 Å². The minimum absolute atomic E-state index is 0.104. The van der Waals surface area contributed by atoms with Crippen molar-refractivity contribution >= 4 is 11.9 Å². The fourth-order valence-electron chi connectivity index (χ4n) is 8.48. The zero-order chi connectivity index (χ0) is 32.0. The van der Waals surface area contributed by atoms with Crippen molar-refractivity contribution in [1.29, 1.82) is 0 Å². The third kappa shape index (κ3) is 8.07. The van der Waals surface area contributed by atoms with Crippen LogP contribution in [0.25, 0.3) is 0 Å². The van der Waals surface area contributed by atoms with Crippen LogP contribution in [0.5, 0.6) is 0 Å². The number of fused-ring (bicyclic) bond motifs is 1. The first kappa shape index (κ1) is 33.0. The molecule has 2 aromatic rings. The van der Waals surface area contributed by atoms with Crippen LogP contribution in [0.15, 0.2) is 96.1 Å². The fraction of sp³-hybridized carbons (Fsp3) is 0.512. The minimum atomic E-state index is -0.481. The van der Waals surface area contributed by atoms with E-state index < -0.39 is 5.60 Å². The van der Waals surface area contributed by atoms with Crippen LogP contribution in [0.2, 0.25) is 0 Å². The number of benzene rings is 2. The number of carbonyl (C=O) groups is 2. The maximum Gasteiger partial charge on any atom is 0.338 e. The second-order valence-electron chi connectivity index (χ2n) is 14.7. The number of rotatable bonds is 10. The van der Waals surface area contributed by atoms with E-state index in [2.05, 4.69) is 32.6 Å². The SMILES string of the molecule is C=C1CC[C@H](OC(=O)c2ccccc2)CC1=CC=C1CCC[C@@]2(C)[C@@H]1CC[C@@H]2[C@H](C)CCCC(C)(C)OC(=O)c1ccccc1. The van der Waals surface area contributed by atoms with Crippen molar-refractivity contribution in [1.82, 2.24) is 0 Å². The maximum atomic E-state index is 12.7. The van der Waals surface area contributed by atoms with E-state index in [0.717, 1.165) is 38.5 Å². The number of allylic oxidation sites excluding steroid dienone is 4. The molecular weight excluding hydrogens is 556 g/mol. The maximum absolute atomic E-state index is 12.7. The van der Waals surface area contributed by atoms with Crippen molar-refractivity contribution in [2.45, 2.75) is 110 Å². The lowest BCUT2D eigenvalue weighted by Gasteiger charge is -2.44. The molecule has 0 saturated heterocycles. The Balaban J connectivity index is 1.17. The highest BCUT2D eigenvalue weighted by molar-refractivity contribution is 5.90. The third-order valence-electron chi connectivity index (χ3n) is 11.0. The molecule has 0 unspecified atom stereocenters. The van der Waals surface area contributed by atoms with E-state index in [1.807, 2.05) is 74.5 Å². The predicted molar refractivity (Wildman–Crippen MR) is 182 cm³/mol. The van der Waals surface area contributed by atoms with Crippen LogP contribution in [0.4, 0.5) is 0 Å². The minimum Gasteiger partial charge on any atom is -0.458 e. The molecule has 2 aromatic carbocycles. The lowest BCUT2D eigenvalue weighted by molar-refractivity contribution is -0.00659. The first-order chi connectivity index (χ1) is 21.6. The average molecular weight is 609 g/mol. The van der Waals surface area contributed by atoms with E-state index in [1.54, 1.807) is 5.57 Å². The van der Waals surface area contributed by atoms with Crippen LogP contribution in [0.3, 0.4) is 0 Å². The van der Waals surface area contributed by atoms with Gasteiger partial charge in [0.2, 0.25) is 0 Å². The van der Waals surface area contributed by atoms with Gasteiger partial charge in [-0.15, -0.1) is 0 Å². The quantitative estimate of drug-likeness (QED) is 0.252. The Bertz CT molecular complexity index is 1400. The molecule has 3 saturated carbocycles. The molecule has 0 aliphatic heterocycles. The van der Waals surface area contributed by atoms with Crippen LogP contribution in [-0.2, 0) is 9.47 Å². The highest BCUT2D eigenvalue weighted by Crippen LogP contribution is 2.60. The summed E-state index contributed by atoms with van der Waals surface area (Å²) in [6.45, 7) is 13.4. The molecule has 45 heavy (non-hydrogen) atoms. The smallest absolute Gasteiger partial charge is 0.338 e. The normalized spacial score (nSPS) is 27.6. The third-order valence-corrected chi connectivity index (χ3v) is 11.0. The van der Waals surface area contributed by atoms with Crippen LogP contribution < -0.4 is 0 Å². The molecule has 0 bridgehead atoms. The van der Waals surface area contributed by atoms with Crippen LogP contribution in [-0.4, -0.2) is 23.6 Å².